The molecule has 2 aliphatic rings. The first kappa shape index (κ1) is 12.8. The third-order valence-electron chi connectivity index (χ3n) is 3.19. The maximum atomic E-state index is 11.3. The van der Waals surface area contributed by atoms with Crippen molar-refractivity contribution in [1.29, 1.82) is 0 Å². The van der Waals surface area contributed by atoms with E-state index in [9.17, 15) is 4.79 Å². The second-order valence-corrected chi connectivity index (χ2v) is 4.60. The highest BCUT2D eigenvalue weighted by Crippen LogP contribution is 2.32. The Morgan fingerprint density at radius 3 is 3.06 bits per heavy atom. The third kappa shape index (κ3) is 3.18. The highest BCUT2D eigenvalue weighted by Gasteiger charge is 2.42. The highest BCUT2D eigenvalue weighted by atomic mass is 16.7. The van der Waals surface area contributed by atoms with Crippen LogP contribution in [0.3, 0.4) is 0 Å². The third-order valence-corrected chi connectivity index (χ3v) is 3.19. The van der Waals surface area contributed by atoms with Gasteiger partial charge in [-0.15, -0.1) is 0 Å². The van der Waals surface area contributed by atoms with Crippen LogP contribution in [0.1, 0.15) is 33.1 Å². The summed E-state index contributed by atoms with van der Waals surface area (Å²) in [4.78, 5) is 11.3. The summed E-state index contributed by atoms with van der Waals surface area (Å²) in [5.41, 5.74) is 0. The van der Waals surface area contributed by atoms with Crippen molar-refractivity contribution in [1.82, 2.24) is 0 Å². The maximum absolute atomic E-state index is 11.3. The normalized spacial score (nSPS) is 36.6. The summed E-state index contributed by atoms with van der Waals surface area (Å²) < 4.78 is 21.9. The zero-order chi connectivity index (χ0) is 12.3. The highest BCUT2D eigenvalue weighted by molar-refractivity contribution is 5.69. The second kappa shape index (κ2) is 5.33. The lowest BCUT2D eigenvalue weighted by Crippen LogP contribution is -2.48. The van der Waals surface area contributed by atoms with Gasteiger partial charge in [0, 0.05) is 13.0 Å². The lowest BCUT2D eigenvalue weighted by molar-refractivity contribution is -0.304. The minimum absolute atomic E-state index is 0.0608. The van der Waals surface area contributed by atoms with E-state index in [2.05, 4.69) is 0 Å². The van der Waals surface area contributed by atoms with Crippen LogP contribution in [-0.2, 0) is 23.7 Å². The second-order valence-electron chi connectivity index (χ2n) is 4.60. The van der Waals surface area contributed by atoms with E-state index in [1.54, 1.807) is 6.92 Å². The van der Waals surface area contributed by atoms with E-state index in [1.165, 1.54) is 0 Å². The van der Waals surface area contributed by atoms with Gasteiger partial charge in [0.2, 0.25) is 0 Å². The van der Waals surface area contributed by atoms with Crippen molar-refractivity contribution in [2.45, 2.75) is 51.1 Å². The molecule has 0 amide bonds. The molecule has 5 heteroatoms. The minimum atomic E-state index is -0.679. The molecule has 0 radical (unpaired) electrons. The summed E-state index contributed by atoms with van der Waals surface area (Å²) in [6.07, 6.45) is 1.92. The molecule has 0 aromatic rings. The summed E-state index contributed by atoms with van der Waals surface area (Å²) in [6.45, 7) is 5.36. The van der Waals surface area contributed by atoms with Crippen LogP contribution in [0.25, 0.3) is 0 Å². The van der Waals surface area contributed by atoms with Crippen LogP contribution < -0.4 is 0 Å². The number of ether oxygens (including phenoxy) is 4. The zero-order valence-electron chi connectivity index (χ0n) is 10.4. The fourth-order valence-corrected chi connectivity index (χ4v) is 2.23. The molecule has 5 nitrogen and oxygen atoms in total. The molecule has 2 unspecified atom stereocenters. The van der Waals surface area contributed by atoms with Crippen LogP contribution >= 0.6 is 0 Å². The molecule has 2 fully saturated rings. The molecular formula is C12H20O5. The van der Waals surface area contributed by atoms with Crippen LogP contribution in [0.5, 0.6) is 0 Å². The largest absolute Gasteiger partial charge is 0.466 e. The number of carbonyl (C=O) groups is 1. The number of esters is 1. The van der Waals surface area contributed by atoms with Gasteiger partial charge >= 0.3 is 5.97 Å². The van der Waals surface area contributed by atoms with E-state index in [1.807, 2.05) is 6.92 Å². The number of fused-ring (bicyclic) bond motifs is 1. The standard InChI is InChI=1S/C12H20O5/c1-3-14-11(13)4-6-12(2)16-8-10-9(17-12)5-7-15-10/h9-10H,3-8H2,1-2H3/t9?,10?,12-/m1/s1. The molecule has 0 aromatic heterocycles. The topological polar surface area (TPSA) is 54.0 Å². The van der Waals surface area contributed by atoms with E-state index < -0.39 is 5.79 Å². The molecule has 0 bridgehead atoms. The van der Waals surface area contributed by atoms with E-state index in [0.29, 0.717) is 26.1 Å². The summed E-state index contributed by atoms with van der Waals surface area (Å²) in [5, 5.41) is 0. The Labute approximate surface area is 101 Å². The van der Waals surface area contributed by atoms with E-state index in [4.69, 9.17) is 18.9 Å². The lowest BCUT2D eigenvalue weighted by atomic mass is 10.1. The van der Waals surface area contributed by atoms with Gasteiger partial charge < -0.3 is 18.9 Å². The molecule has 0 aromatic carbocycles. The van der Waals surface area contributed by atoms with Crippen molar-refractivity contribution in [3.63, 3.8) is 0 Å². The molecule has 2 aliphatic heterocycles. The van der Waals surface area contributed by atoms with Crippen molar-refractivity contribution < 1.29 is 23.7 Å². The van der Waals surface area contributed by atoms with Gasteiger partial charge in [0.25, 0.3) is 0 Å². The average molecular weight is 244 g/mol. The lowest BCUT2D eigenvalue weighted by Gasteiger charge is -2.39. The average Bonchev–Trinajstić information content (AvgIpc) is 2.74. The number of hydrogen-bond acceptors (Lipinski definition) is 5. The van der Waals surface area contributed by atoms with E-state index in [-0.39, 0.29) is 18.2 Å². The van der Waals surface area contributed by atoms with Crippen LogP contribution in [0.15, 0.2) is 0 Å². The zero-order valence-corrected chi connectivity index (χ0v) is 10.4. The van der Waals surface area contributed by atoms with Gasteiger partial charge in [0.05, 0.1) is 25.7 Å². The Morgan fingerprint density at radius 1 is 1.47 bits per heavy atom. The maximum Gasteiger partial charge on any atom is 0.305 e. The number of rotatable bonds is 4. The van der Waals surface area contributed by atoms with Gasteiger partial charge in [-0.25, -0.2) is 0 Å². The van der Waals surface area contributed by atoms with Crippen molar-refractivity contribution >= 4 is 5.97 Å². The fraction of sp³-hybridized carbons (Fsp3) is 0.917. The van der Waals surface area contributed by atoms with Crippen LogP contribution in [0, 0.1) is 0 Å². The van der Waals surface area contributed by atoms with Gasteiger partial charge in [0.15, 0.2) is 5.79 Å². The minimum Gasteiger partial charge on any atom is -0.466 e. The van der Waals surface area contributed by atoms with Crippen LogP contribution in [0.4, 0.5) is 0 Å². The first-order valence-corrected chi connectivity index (χ1v) is 6.22. The molecule has 0 spiro atoms. The summed E-state index contributed by atoms with van der Waals surface area (Å²) >= 11 is 0. The Hall–Kier alpha value is -0.650. The monoisotopic (exact) mass is 244 g/mol. The van der Waals surface area contributed by atoms with Gasteiger partial charge in [-0.05, 0) is 20.3 Å². The van der Waals surface area contributed by atoms with Gasteiger partial charge in [-0.2, -0.15) is 0 Å². The molecule has 2 heterocycles. The van der Waals surface area contributed by atoms with E-state index >= 15 is 0 Å². The molecule has 17 heavy (non-hydrogen) atoms. The van der Waals surface area contributed by atoms with Gasteiger partial charge in [-0.1, -0.05) is 0 Å². The SMILES string of the molecule is CCOC(=O)CC[C@]1(C)OCC2OCCC2O1. The van der Waals surface area contributed by atoms with E-state index in [0.717, 1.165) is 13.0 Å². The first-order valence-electron chi connectivity index (χ1n) is 6.22. The van der Waals surface area contributed by atoms with Crippen LogP contribution in [-0.4, -0.2) is 43.8 Å². The van der Waals surface area contributed by atoms with Crippen LogP contribution in [0.2, 0.25) is 0 Å². The Balaban J connectivity index is 1.81. The molecule has 98 valence electrons. The van der Waals surface area contributed by atoms with Crippen molar-refractivity contribution in [3.05, 3.63) is 0 Å². The number of carbonyl (C=O) groups excluding carboxylic acids is 1. The fourth-order valence-electron chi connectivity index (χ4n) is 2.23. The Morgan fingerprint density at radius 2 is 2.29 bits per heavy atom. The smallest absolute Gasteiger partial charge is 0.305 e. The predicted molar refractivity (Wildman–Crippen MR) is 59.5 cm³/mol. The Bertz CT molecular complexity index is 280. The molecule has 0 saturated carbocycles. The molecule has 3 atom stereocenters. The summed E-state index contributed by atoms with van der Waals surface area (Å²) in [6, 6.07) is 0. The van der Waals surface area contributed by atoms with Crippen molar-refractivity contribution in [3.8, 4) is 0 Å². The molecule has 2 saturated heterocycles. The van der Waals surface area contributed by atoms with Gasteiger partial charge in [0.1, 0.15) is 6.10 Å². The quantitative estimate of drug-likeness (QED) is 0.697. The van der Waals surface area contributed by atoms with Gasteiger partial charge in [-0.3, -0.25) is 4.79 Å². The molecule has 0 N–H and O–H groups in total. The molecule has 0 aliphatic carbocycles. The summed E-state index contributed by atoms with van der Waals surface area (Å²) in [5.74, 6) is -0.882. The van der Waals surface area contributed by atoms with Crippen molar-refractivity contribution in [2.75, 3.05) is 19.8 Å². The van der Waals surface area contributed by atoms with Crippen molar-refractivity contribution in [2.24, 2.45) is 0 Å². The molecular weight excluding hydrogens is 224 g/mol. The molecule has 2 rings (SSSR count). The summed E-state index contributed by atoms with van der Waals surface area (Å²) in [7, 11) is 0. The number of hydrogen-bond donors (Lipinski definition) is 0. The Kier molecular flexibility index (Phi) is 4.01. The first-order chi connectivity index (χ1) is 8.13. The predicted octanol–water partition coefficient (Wildman–Crippen LogP) is 1.25.